The Hall–Kier alpha value is -0.800. The quantitative estimate of drug-likeness (QED) is 0.847. The molecule has 17 heavy (non-hydrogen) atoms. The van der Waals surface area contributed by atoms with E-state index in [0.29, 0.717) is 6.04 Å². The molecule has 0 aliphatic heterocycles. The third kappa shape index (κ3) is 3.58. The predicted molar refractivity (Wildman–Crippen MR) is 74.8 cm³/mol. The molecule has 3 nitrogen and oxygen atoms in total. The molecule has 0 spiro atoms. The van der Waals surface area contributed by atoms with Crippen LogP contribution in [0.3, 0.4) is 0 Å². The summed E-state index contributed by atoms with van der Waals surface area (Å²) in [5.74, 6) is 1.01. The molecule has 0 saturated heterocycles. The van der Waals surface area contributed by atoms with Gasteiger partial charge in [-0.15, -0.1) is 0 Å². The molecule has 1 unspecified atom stereocenters. The van der Waals surface area contributed by atoms with Crippen LogP contribution in [0.15, 0.2) is 12.3 Å². The molecule has 96 valence electrons. The van der Waals surface area contributed by atoms with Gasteiger partial charge < -0.3 is 10.2 Å². The highest BCUT2D eigenvalue weighted by Crippen LogP contribution is 2.22. The van der Waals surface area contributed by atoms with Gasteiger partial charge in [0.15, 0.2) is 0 Å². The van der Waals surface area contributed by atoms with Crippen LogP contribution < -0.4 is 10.2 Å². The third-order valence-corrected chi connectivity index (χ3v) is 3.39. The summed E-state index contributed by atoms with van der Waals surface area (Å²) in [4.78, 5) is 6.73. The monoisotopic (exact) mass is 255 g/mol. The summed E-state index contributed by atoms with van der Waals surface area (Å²) in [6, 6.07) is 2.57. The lowest BCUT2D eigenvalue weighted by molar-refractivity contribution is 0.622. The van der Waals surface area contributed by atoms with Gasteiger partial charge in [0.05, 0.1) is 5.02 Å². The summed E-state index contributed by atoms with van der Waals surface area (Å²) < 4.78 is 0. The number of rotatable bonds is 6. The van der Waals surface area contributed by atoms with Crippen LogP contribution >= 0.6 is 11.6 Å². The van der Waals surface area contributed by atoms with Gasteiger partial charge in [0.2, 0.25) is 0 Å². The van der Waals surface area contributed by atoms with Crippen molar-refractivity contribution in [3.8, 4) is 0 Å². The van der Waals surface area contributed by atoms with Crippen molar-refractivity contribution >= 4 is 17.4 Å². The maximum absolute atomic E-state index is 6.12. The Balaban J connectivity index is 2.99. The highest BCUT2D eigenvalue weighted by atomic mass is 35.5. The Morgan fingerprint density at radius 3 is 2.71 bits per heavy atom. The average Bonchev–Trinajstić information content (AvgIpc) is 2.34. The van der Waals surface area contributed by atoms with Crippen molar-refractivity contribution in [2.24, 2.45) is 0 Å². The lowest BCUT2D eigenvalue weighted by Crippen LogP contribution is -2.33. The molecule has 1 N–H and O–H groups in total. The first-order valence-corrected chi connectivity index (χ1v) is 6.57. The minimum atomic E-state index is 0.496. The first-order chi connectivity index (χ1) is 8.13. The highest BCUT2D eigenvalue weighted by Gasteiger charge is 2.13. The smallest absolute Gasteiger partial charge is 0.129 e. The van der Waals surface area contributed by atoms with Gasteiger partial charge in [0.25, 0.3) is 0 Å². The Labute approximate surface area is 109 Å². The van der Waals surface area contributed by atoms with E-state index in [1.807, 2.05) is 7.05 Å². The molecular weight excluding hydrogens is 234 g/mol. The second-order valence-corrected chi connectivity index (χ2v) is 4.61. The van der Waals surface area contributed by atoms with Gasteiger partial charge in [-0.1, -0.05) is 18.5 Å². The molecule has 4 heteroatoms. The van der Waals surface area contributed by atoms with Gasteiger partial charge in [0, 0.05) is 25.3 Å². The Morgan fingerprint density at radius 2 is 2.18 bits per heavy atom. The number of nitrogens with one attached hydrogen (secondary N) is 1. The molecule has 1 heterocycles. The van der Waals surface area contributed by atoms with E-state index in [9.17, 15) is 0 Å². The van der Waals surface area contributed by atoms with Crippen molar-refractivity contribution in [2.45, 2.75) is 39.8 Å². The Kier molecular flexibility index (Phi) is 5.72. The number of anilines is 1. The van der Waals surface area contributed by atoms with Crippen LogP contribution in [0, 0.1) is 0 Å². The molecule has 0 radical (unpaired) electrons. The number of hydrogen-bond donors (Lipinski definition) is 1. The maximum Gasteiger partial charge on any atom is 0.129 e. The first kappa shape index (κ1) is 14.3. The van der Waals surface area contributed by atoms with E-state index in [-0.39, 0.29) is 0 Å². The topological polar surface area (TPSA) is 28.2 Å². The standard InChI is InChI=1S/C13H22ClN3/c1-5-10(3)17(6-2)13-7-11(8-15-4)12(14)9-16-13/h7,9-10,15H,5-6,8H2,1-4H3. The van der Waals surface area contributed by atoms with E-state index < -0.39 is 0 Å². The minimum Gasteiger partial charge on any atom is -0.354 e. The first-order valence-electron chi connectivity index (χ1n) is 6.19. The zero-order chi connectivity index (χ0) is 12.8. The van der Waals surface area contributed by atoms with Crippen LogP contribution in [-0.4, -0.2) is 24.6 Å². The number of halogens is 1. The molecule has 0 aliphatic rings. The fourth-order valence-electron chi connectivity index (χ4n) is 1.87. The second-order valence-electron chi connectivity index (χ2n) is 4.21. The molecule has 0 aromatic carbocycles. The Bertz CT molecular complexity index is 355. The molecule has 0 fully saturated rings. The van der Waals surface area contributed by atoms with Crippen LogP contribution in [-0.2, 0) is 6.54 Å². The van der Waals surface area contributed by atoms with Crippen molar-refractivity contribution in [3.05, 3.63) is 22.8 Å². The summed E-state index contributed by atoms with van der Waals surface area (Å²) in [7, 11) is 1.92. The van der Waals surface area contributed by atoms with Gasteiger partial charge in [-0.3, -0.25) is 0 Å². The number of hydrogen-bond acceptors (Lipinski definition) is 3. The van der Waals surface area contributed by atoms with Crippen molar-refractivity contribution in [3.63, 3.8) is 0 Å². The van der Waals surface area contributed by atoms with Crippen LogP contribution in [0.25, 0.3) is 0 Å². The fraction of sp³-hybridized carbons (Fsp3) is 0.615. The number of nitrogens with zero attached hydrogens (tertiary/aromatic N) is 2. The van der Waals surface area contributed by atoms with Crippen LogP contribution in [0.4, 0.5) is 5.82 Å². The molecule has 1 aromatic rings. The van der Waals surface area contributed by atoms with Gasteiger partial charge in [0.1, 0.15) is 5.82 Å². The fourth-order valence-corrected chi connectivity index (χ4v) is 2.04. The van der Waals surface area contributed by atoms with Crippen LogP contribution in [0.2, 0.25) is 5.02 Å². The van der Waals surface area contributed by atoms with E-state index in [0.717, 1.165) is 35.9 Å². The molecular formula is C13H22ClN3. The Morgan fingerprint density at radius 1 is 1.47 bits per heavy atom. The SMILES string of the molecule is CCC(C)N(CC)c1cc(CNC)c(Cl)cn1. The second kappa shape index (κ2) is 6.82. The molecule has 0 aliphatic carbocycles. The van der Waals surface area contributed by atoms with Gasteiger partial charge >= 0.3 is 0 Å². The van der Waals surface area contributed by atoms with E-state index >= 15 is 0 Å². The molecule has 0 amide bonds. The summed E-state index contributed by atoms with van der Waals surface area (Å²) in [5, 5.41) is 3.85. The lowest BCUT2D eigenvalue weighted by Gasteiger charge is -2.28. The molecule has 1 atom stereocenters. The minimum absolute atomic E-state index is 0.496. The van der Waals surface area contributed by atoms with E-state index in [4.69, 9.17) is 11.6 Å². The highest BCUT2D eigenvalue weighted by molar-refractivity contribution is 6.31. The molecule has 0 saturated carbocycles. The predicted octanol–water partition coefficient (Wildman–Crippen LogP) is 3.08. The molecule has 0 bridgehead atoms. The zero-order valence-corrected chi connectivity index (χ0v) is 11.9. The van der Waals surface area contributed by atoms with Crippen molar-refractivity contribution in [1.29, 1.82) is 0 Å². The van der Waals surface area contributed by atoms with E-state index in [1.165, 1.54) is 0 Å². The summed E-state index contributed by atoms with van der Waals surface area (Å²) in [6.07, 6.45) is 2.86. The van der Waals surface area contributed by atoms with Crippen molar-refractivity contribution < 1.29 is 0 Å². The molecule has 1 rings (SSSR count). The van der Waals surface area contributed by atoms with Gasteiger partial charge in [-0.25, -0.2) is 4.98 Å². The molecule has 1 aromatic heterocycles. The average molecular weight is 256 g/mol. The normalized spacial score (nSPS) is 12.5. The van der Waals surface area contributed by atoms with E-state index in [1.54, 1.807) is 6.20 Å². The largest absolute Gasteiger partial charge is 0.354 e. The maximum atomic E-state index is 6.12. The zero-order valence-electron chi connectivity index (χ0n) is 11.1. The number of aromatic nitrogens is 1. The summed E-state index contributed by atoms with van der Waals surface area (Å²) in [6.45, 7) is 8.30. The van der Waals surface area contributed by atoms with Crippen LogP contribution in [0.1, 0.15) is 32.8 Å². The van der Waals surface area contributed by atoms with Crippen LogP contribution in [0.5, 0.6) is 0 Å². The summed E-state index contributed by atoms with van der Waals surface area (Å²) in [5.41, 5.74) is 1.10. The summed E-state index contributed by atoms with van der Waals surface area (Å²) >= 11 is 6.12. The third-order valence-electron chi connectivity index (χ3n) is 3.05. The lowest BCUT2D eigenvalue weighted by atomic mass is 10.2. The van der Waals surface area contributed by atoms with E-state index in [2.05, 4.69) is 42.0 Å². The van der Waals surface area contributed by atoms with Gasteiger partial charge in [-0.05, 0) is 38.9 Å². The number of pyridine rings is 1. The van der Waals surface area contributed by atoms with Crippen molar-refractivity contribution in [2.75, 3.05) is 18.5 Å². The van der Waals surface area contributed by atoms with Crippen molar-refractivity contribution in [1.82, 2.24) is 10.3 Å². The van der Waals surface area contributed by atoms with Gasteiger partial charge in [-0.2, -0.15) is 0 Å².